The number of fused-ring (bicyclic) bond motifs is 2. The normalized spacial score (nSPS) is 33.2. The van der Waals surface area contributed by atoms with Gasteiger partial charge in [-0.1, -0.05) is 13.3 Å². The zero-order valence-corrected chi connectivity index (χ0v) is 12.1. The van der Waals surface area contributed by atoms with Gasteiger partial charge < -0.3 is 5.32 Å². The van der Waals surface area contributed by atoms with Crippen molar-refractivity contribution in [2.45, 2.75) is 45.4 Å². The van der Waals surface area contributed by atoms with Crippen molar-refractivity contribution in [3.8, 4) is 0 Å². The minimum atomic E-state index is 0.390. The first-order valence-corrected chi connectivity index (χ1v) is 7.65. The van der Waals surface area contributed by atoms with E-state index in [0.29, 0.717) is 5.41 Å². The summed E-state index contributed by atoms with van der Waals surface area (Å²) in [6.07, 6.45) is 7.82. The van der Waals surface area contributed by atoms with E-state index in [2.05, 4.69) is 27.7 Å². The van der Waals surface area contributed by atoms with E-state index in [0.717, 1.165) is 37.2 Å². The van der Waals surface area contributed by atoms with Gasteiger partial charge in [0.25, 0.3) is 0 Å². The molecule has 2 saturated carbocycles. The molecule has 19 heavy (non-hydrogen) atoms. The molecule has 2 fully saturated rings. The van der Waals surface area contributed by atoms with Gasteiger partial charge in [-0.2, -0.15) is 4.80 Å². The van der Waals surface area contributed by atoms with E-state index in [1.165, 1.54) is 32.1 Å². The van der Waals surface area contributed by atoms with E-state index in [-0.39, 0.29) is 0 Å². The van der Waals surface area contributed by atoms with Crippen LogP contribution in [0.1, 0.15) is 44.9 Å². The predicted octanol–water partition coefficient (Wildman–Crippen LogP) is 1.56. The monoisotopic (exact) mass is 263 g/mol. The summed E-state index contributed by atoms with van der Waals surface area (Å²) in [6, 6.07) is 0. The van der Waals surface area contributed by atoms with Crippen LogP contribution >= 0.6 is 0 Å². The Kier molecular flexibility index (Phi) is 3.56. The van der Waals surface area contributed by atoms with Gasteiger partial charge >= 0.3 is 0 Å². The Labute approximate surface area is 115 Å². The largest absolute Gasteiger partial charge is 0.316 e. The third-order valence-corrected chi connectivity index (χ3v) is 5.07. The smallest absolute Gasteiger partial charge is 0.175 e. The van der Waals surface area contributed by atoms with Gasteiger partial charge in [0.15, 0.2) is 5.82 Å². The van der Waals surface area contributed by atoms with Crippen LogP contribution in [-0.2, 0) is 13.5 Å². The zero-order chi connectivity index (χ0) is 13.3. The second kappa shape index (κ2) is 5.19. The van der Waals surface area contributed by atoms with Gasteiger partial charge in [-0.3, -0.25) is 0 Å². The average Bonchev–Trinajstić information content (AvgIpc) is 3.06. The lowest BCUT2D eigenvalue weighted by molar-refractivity contribution is 0.153. The molecule has 0 aromatic carbocycles. The van der Waals surface area contributed by atoms with Crippen LogP contribution < -0.4 is 5.32 Å². The highest BCUT2D eigenvalue weighted by atomic mass is 15.6. The van der Waals surface area contributed by atoms with Crippen LogP contribution in [0.15, 0.2) is 0 Å². The predicted molar refractivity (Wildman–Crippen MR) is 73.5 cm³/mol. The molecule has 3 atom stereocenters. The number of aryl methyl sites for hydroxylation is 1. The SMILES string of the molecule is CCCNCC1(Cc2nnn(C)n2)CC2CCC1C2. The Morgan fingerprint density at radius 3 is 2.89 bits per heavy atom. The maximum Gasteiger partial charge on any atom is 0.175 e. The minimum Gasteiger partial charge on any atom is -0.316 e. The minimum absolute atomic E-state index is 0.390. The first-order valence-electron chi connectivity index (χ1n) is 7.65. The van der Waals surface area contributed by atoms with Gasteiger partial charge in [-0.25, -0.2) is 0 Å². The van der Waals surface area contributed by atoms with E-state index in [1.807, 2.05) is 7.05 Å². The summed E-state index contributed by atoms with van der Waals surface area (Å²) in [5.74, 6) is 2.74. The Hall–Kier alpha value is -0.970. The standard InChI is InChI=1S/C14H25N5/c1-3-6-15-10-14(8-11-4-5-12(14)7-11)9-13-16-18-19(2)17-13/h11-12,15H,3-10H2,1-2H3. The first-order chi connectivity index (χ1) is 9.22. The lowest BCUT2D eigenvalue weighted by Crippen LogP contribution is -2.41. The number of hydrogen-bond donors (Lipinski definition) is 1. The van der Waals surface area contributed by atoms with Gasteiger partial charge in [0.2, 0.25) is 0 Å². The summed E-state index contributed by atoms with van der Waals surface area (Å²) in [4.78, 5) is 1.58. The summed E-state index contributed by atoms with van der Waals surface area (Å²) in [5, 5.41) is 16.2. The summed E-state index contributed by atoms with van der Waals surface area (Å²) < 4.78 is 0. The zero-order valence-electron chi connectivity index (χ0n) is 12.1. The molecule has 3 rings (SSSR count). The van der Waals surface area contributed by atoms with Gasteiger partial charge in [0, 0.05) is 13.0 Å². The molecule has 2 aliphatic carbocycles. The number of aromatic nitrogens is 4. The maximum atomic E-state index is 4.40. The van der Waals surface area contributed by atoms with Gasteiger partial charge in [-0.05, 0) is 54.7 Å². The third-order valence-electron chi connectivity index (χ3n) is 5.07. The van der Waals surface area contributed by atoms with Crippen molar-refractivity contribution in [3.05, 3.63) is 5.82 Å². The van der Waals surface area contributed by atoms with Crippen molar-refractivity contribution >= 4 is 0 Å². The number of tetrazole rings is 1. The summed E-state index contributed by atoms with van der Waals surface area (Å²) in [5.41, 5.74) is 0.390. The molecule has 0 aliphatic heterocycles. The van der Waals surface area contributed by atoms with Crippen LogP contribution in [0.4, 0.5) is 0 Å². The van der Waals surface area contributed by atoms with E-state index >= 15 is 0 Å². The molecular weight excluding hydrogens is 238 g/mol. The Bertz CT molecular complexity index is 429. The molecule has 2 bridgehead atoms. The molecule has 3 unspecified atom stereocenters. The molecule has 1 N–H and O–H groups in total. The lowest BCUT2D eigenvalue weighted by Gasteiger charge is -2.37. The fourth-order valence-corrected chi connectivity index (χ4v) is 4.28. The number of nitrogens with one attached hydrogen (secondary N) is 1. The van der Waals surface area contributed by atoms with Crippen LogP contribution in [0.25, 0.3) is 0 Å². The van der Waals surface area contributed by atoms with E-state index in [4.69, 9.17) is 0 Å². The molecule has 2 aliphatic rings. The molecule has 5 nitrogen and oxygen atoms in total. The van der Waals surface area contributed by atoms with E-state index in [1.54, 1.807) is 4.80 Å². The van der Waals surface area contributed by atoms with Crippen LogP contribution in [0.3, 0.4) is 0 Å². The molecular formula is C14H25N5. The molecule has 0 radical (unpaired) electrons. The first kappa shape index (κ1) is 13.0. The van der Waals surface area contributed by atoms with Gasteiger partial charge in [0.05, 0.1) is 7.05 Å². The fraction of sp³-hybridized carbons (Fsp3) is 0.929. The molecule has 1 aromatic heterocycles. The molecule has 1 aromatic rings. The quantitative estimate of drug-likeness (QED) is 0.791. The highest BCUT2D eigenvalue weighted by molar-refractivity contribution is 5.05. The molecule has 0 spiro atoms. The Morgan fingerprint density at radius 1 is 1.42 bits per heavy atom. The van der Waals surface area contributed by atoms with Crippen LogP contribution in [0.5, 0.6) is 0 Å². The van der Waals surface area contributed by atoms with Crippen LogP contribution in [0, 0.1) is 17.3 Å². The highest BCUT2D eigenvalue weighted by Crippen LogP contribution is 2.56. The number of rotatable bonds is 6. The molecule has 0 amide bonds. The van der Waals surface area contributed by atoms with Gasteiger partial charge in [0.1, 0.15) is 0 Å². The fourth-order valence-electron chi connectivity index (χ4n) is 4.28. The van der Waals surface area contributed by atoms with Gasteiger partial charge in [-0.15, -0.1) is 10.2 Å². The summed E-state index contributed by atoms with van der Waals surface area (Å²) in [6.45, 7) is 4.47. The third kappa shape index (κ3) is 2.53. The molecule has 5 heteroatoms. The molecule has 106 valence electrons. The number of nitrogens with zero attached hydrogens (tertiary/aromatic N) is 4. The molecule has 0 saturated heterocycles. The average molecular weight is 263 g/mol. The highest BCUT2D eigenvalue weighted by Gasteiger charge is 2.50. The van der Waals surface area contributed by atoms with E-state index < -0.39 is 0 Å². The summed E-state index contributed by atoms with van der Waals surface area (Å²) in [7, 11) is 1.85. The van der Waals surface area contributed by atoms with Crippen molar-refractivity contribution in [1.82, 2.24) is 25.5 Å². The Morgan fingerprint density at radius 2 is 2.32 bits per heavy atom. The van der Waals surface area contributed by atoms with Crippen molar-refractivity contribution in [2.24, 2.45) is 24.3 Å². The van der Waals surface area contributed by atoms with Crippen LogP contribution in [0.2, 0.25) is 0 Å². The summed E-state index contributed by atoms with van der Waals surface area (Å²) >= 11 is 0. The Balaban J connectivity index is 1.73. The van der Waals surface area contributed by atoms with Crippen molar-refractivity contribution in [1.29, 1.82) is 0 Å². The van der Waals surface area contributed by atoms with E-state index in [9.17, 15) is 0 Å². The van der Waals surface area contributed by atoms with Crippen molar-refractivity contribution in [2.75, 3.05) is 13.1 Å². The van der Waals surface area contributed by atoms with Crippen molar-refractivity contribution in [3.63, 3.8) is 0 Å². The number of hydrogen-bond acceptors (Lipinski definition) is 4. The second-order valence-corrected chi connectivity index (χ2v) is 6.49. The topological polar surface area (TPSA) is 55.6 Å². The molecule has 1 heterocycles. The van der Waals surface area contributed by atoms with Crippen molar-refractivity contribution < 1.29 is 0 Å². The maximum absolute atomic E-state index is 4.40. The second-order valence-electron chi connectivity index (χ2n) is 6.49. The lowest BCUT2D eigenvalue weighted by atomic mass is 9.70. The van der Waals surface area contributed by atoms with Crippen LogP contribution in [-0.4, -0.2) is 33.3 Å².